The quantitative estimate of drug-likeness (QED) is 0.588. The zero-order valence-corrected chi connectivity index (χ0v) is 14.5. The molecule has 2 aromatic carbocycles. The molecule has 0 spiro atoms. The summed E-state index contributed by atoms with van der Waals surface area (Å²) in [7, 11) is 0. The summed E-state index contributed by atoms with van der Waals surface area (Å²) in [5.41, 5.74) is 2.24. The van der Waals surface area contributed by atoms with Crippen molar-refractivity contribution < 1.29 is 10.2 Å². The summed E-state index contributed by atoms with van der Waals surface area (Å²) in [5, 5.41) is 20.5. The highest BCUT2D eigenvalue weighted by Gasteiger charge is 2.04. The van der Waals surface area contributed by atoms with Crippen LogP contribution in [0.4, 0.5) is 0 Å². The molecule has 2 N–H and O–H groups in total. The number of nitrogens with zero attached hydrogens (tertiary/aromatic N) is 1. The van der Waals surface area contributed by atoms with Crippen molar-refractivity contribution in [2.75, 3.05) is 0 Å². The van der Waals surface area contributed by atoms with Crippen molar-refractivity contribution in [2.45, 2.75) is 0 Å². The van der Waals surface area contributed by atoms with Crippen LogP contribution in [0.5, 0.6) is 11.5 Å². The first-order chi connectivity index (χ1) is 10.5. The molecule has 0 bridgehead atoms. The minimum atomic E-state index is 0.169. The smallest absolute Gasteiger partial charge is 0.143 e. The SMILES string of the molecule is Oc1c(Br)cc(/C=C/c2ccc3cccc(O)c3n2)cc1Br. The molecule has 0 saturated carbocycles. The van der Waals surface area contributed by atoms with E-state index in [0.29, 0.717) is 14.5 Å². The molecule has 0 aliphatic carbocycles. The number of aromatic nitrogens is 1. The van der Waals surface area contributed by atoms with Gasteiger partial charge in [0.2, 0.25) is 0 Å². The predicted octanol–water partition coefficient (Wildman–Crippen LogP) is 5.34. The van der Waals surface area contributed by atoms with Gasteiger partial charge in [-0.1, -0.05) is 24.3 Å². The van der Waals surface area contributed by atoms with E-state index in [-0.39, 0.29) is 11.5 Å². The maximum Gasteiger partial charge on any atom is 0.143 e. The first-order valence-electron chi connectivity index (χ1n) is 6.49. The lowest BCUT2D eigenvalue weighted by Gasteiger charge is -2.03. The number of hydrogen-bond acceptors (Lipinski definition) is 3. The molecular weight excluding hydrogens is 410 g/mol. The summed E-state index contributed by atoms with van der Waals surface area (Å²) in [5.74, 6) is 0.341. The van der Waals surface area contributed by atoms with Crippen molar-refractivity contribution in [3.8, 4) is 11.5 Å². The number of para-hydroxylation sites is 1. The molecule has 3 aromatic rings. The highest BCUT2D eigenvalue weighted by molar-refractivity contribution is 9.11. The van der Waals surface area contributed by atoms with E-state index in [4.69, 9.17) is 0 Å². The van der Waals surface area contributed by atoms with Crippen LogP contribution in [0.25, 0.3) is 23.1 Å². The summed E-state index contributed by atoms with van der Waals surface area (Å²) in [4.78, 5) is 4.44. The summed E-state index contributed by atoms with van der Waals surface area (Å²) in [6.07, 6.45) is 3.75. The van der Waals surface area contributed by atoms with Crippen LogP contribution in [-0.2, 0) is 0 Å². The van der Waals surface area contributed by atoms with Crippen LogP contribution >= 0.6 is 31.9 Å². The number of phenols is 2. The molecule has 0 aliphatic heterocycles. The average molecular weight is 421 g/mol. The second kappa shape index (κ2) is 6.10. The van der Waals surface area contributed by atoms with Gasteiger partial charge in [0.25, 0.3) is 0 Å². The Morgan fingerprint density at radius 3 is 2.36 bits per heavy atom. The van der Waals surface area contributed by atoms with Crippen LogP contribution in [0.15, 0.2) is 51.4 Å². The monoisotopic (exact) mass is 419 g/mol. The van der Waals surface area contributed by atoms with Crippen LogP contribution in [0.3, 0.4) is 0 Å². The zero-order valence-electron chi connectivity index (χ0n) is 11.3. The van der Waals surface area contributed by atoms with Crippen molar-refractivity contribution in [2.24, 2.45) is 0 Å². The third-order valence-corrected chi connectivity index (χ3v) is 4.42. The number of aromatic hydroxyl groups is 2. The Labute approximate surface area is 144 Å². The van der Waals surface area contributed by atoms with E-state index >= 15 is 0 Å². The number of hydrogen-bond donors (Lipinski definition) is 2. The van der Waals surface area contributed by atoms with Crippen LogP contribution in [-0.4, -0.2) is 15.2 Å². The van der Waals surface area contributed by atoms with Gasteiger partial charge < -0.3 is 10.2 Å². The molecule has 0 aliphatic rings. The van der Waals surface area contributed by atoms with Gasteiger partial charge in [0.15, 0.2) is 0 Å². The number of rotatable bonds is 2. The summed E-state index contributed by atoms with van der Waals surface area (Å²) in [6.45, 7) is 0. The molecule has 0 atom stereocenters. The fraction of sp³-hybridized carbons (Fsp3) is 0. The Balaban J connectivity index is 1.97. The van der Waals surface area contributed by atoms with Gasteiger partial charge in [0.05, 0.1) is 14.6 Å². The van der Waals surface area contributed by atoms with Crippen molar-refractivity contribution in [3.05, 3.63) is 62.7 Å². The van der Waals surface area contributed by atoms with Crippen molar-refractivity contribution >= 4 is 54.9 Å². The van der Waals surface area contributed by atoms with E-state index in [2.05, 4.69) is 36.8 Å². The summed E-state index contributed by atoms with van der Waals surface area (Å²) in [6, 6.07) is 12.8. The van der Waals surface area contributed by atoms with Gasteiger partial charge in [-0.05, 0) is 67.8 Å². The average Bonchev–Trinajstić information content (AvgIpc) is 2.51. The normalized spacial score (nSPS) is 11.4. The predicted molar refractivity (Wildman–Crippen MR) is 95.8 cm³/mol. The Bertz CT molecular complexity index is 868. The molecule has 5 heteroatoms. The first kappa shape index (κ1) is 15.1. The first-order valence-corrected chi connectivity index (χ1v) is 8.08. The van der Waals surface area contributed by atoms with Crippen LogP contribution < -0.4 is 0 Å². The van der Waals surface area contributed by atoms with Gasteiger partial charge in [-0.2, -0.15) is 0 Å². The second-order valence-corrected chi connectivity index (χ2v) is 6.46. The molecule has 1 heterocycles. The van der Waals surface area contributed by atoms with Crippen LogP contribution in [0.2, 0.25) is 0 Å². The maximum atomic E-state index is 9.86. The molecule has 1 aromatic heterocycles. The van der Waals surface area contributed by atoms with E-state index < -0.39 is 0 Å². The fourth-order valence-corrected chi connectivity index (χ4v) is 3.32. The molecule has 0 amide bonds. The number of benzene rings is 2. The molecule has 0 saturated heterocycles. The fourth-order valence-electron chi connectivity index (χ4n) is 2.10. The number of fused-ring (bicyclic) bond motifs is 1. The summed E-state index contributed by atoms with van der Waals surface area (Å²) < 4.78 is 1.23. The van der Waals surface area contributed by atoms with Gasteiger partial charge in [-0.3, -0.25) is 0 Å². The van der Waals surface area contributed by atoms with Gasteiger partial charge in [0.1, 0.15) is 17.0 Å². The molecular formula is C17H11Br2NO2. The molecule has 0 radical (unpaired) electrons. The van der Waals surface area contributed by atoms with Crippen molar-refractivity contribution in [3.63, 3.8) is 0 Å². The third kappa shape index (κ3) is 3.00. The number of phenolic OH excluding ortho intramolecular Hbond substituents is 2. The van der Waals surface area contributed by atoms with E-state index in [1.807, 2.05) is 42.5 Å². The Morgan fingerprint density at radius 1 is 0.909 bits per heavy atom. The van der Waals surface area contributed by atoms with Crippen LogP contribution in [0.1, 0.15) is 11.3 Å². The topological polar surface area (TPSA) is 53.4 Å². The minimum Gasteiger partial charge on any atom is -0.506 e. The molecule has 3 rings (SSSR count). The lowest BCUT2D eigenvalue weighted by Crippen LogP contribution is -1.84. The molecule has 0 fully saturated rings. The summed E-state index contributed by atoms with van der Waals surface area (Å²) >= 11 is 6.61. The van der Waals surface area contributed by atoms with Gasteiger partial charge >= 0.3 is 0 Å². The number of halogens is 2. The van der Waals surface area contributed by atoms with E-state index in [9.17, 15) is 10.2 Å². The van der Waals surface area contributed by atoms with Crippen molar-refractivity contribution in [1.82, 2.24) is 4.98 Å². The maximum absolute atomic E-state index is 9.86. The minimum absolute atomic E-state index is 0.169. The number of pyridine rings is 1. The van der Waals surface area contributed by atoms with E-state index in [1.54, 1.807) is 12.1 Å². The van der Waals surface area contributed by atoms with Gasteiger partial charge in [-0.25, -0.2) is 4.98 Å². The van der Waals surface area contributed by atoms with E-state index in [1.165, 1.54) is 0 Å². The van der Waals surface area contributed by atoms with Gasteiger partial charge in [-0.15, -0.1) is 0 Å². The van der Waals surface area contributed by atoms with Crippen LogP contribution in [0, 0.1) is 0 Å². The molecule has 0 unspecified atom stereocenters. The highest BCUT2D eigenvalue weighted by Crippen LogP contribution is 2.33. The largest absolute Gasteiger partial charge is 0.506 e. The third-order valence-electron chi connectivity index (χ3n) is 3.21. The Morgan fingerprint density at radius 2 is 1.64 bits per heavy atom. The lowest BCUT2D eigenvalue weighted by atomic mass is 10.1. The Hall–Kier alpha value is -1.85. The lowest BCUT2D eigenvalue weighted by molar-refractivity contribution is 0.468. The second-order valence-electron chi connectivity index (χ2n) is 4.75. The molecule has 3 nitrogen and oxygen atoms in total. The van der Waals surface area contributed by atoms with Crippen molar-refractivity contribution in [1.29, 1.82) is 0 Å². The Kier molecular flexibility index (Phi) is 4.18. The highest BCUT2D eigenvalue weighted by atomic mass is 79.9. The zero-order chi connectivity index (χ0) is 15.7. The molecule has 22 heavy (non-hydrogen) atoms. The van der Waals surface area contributed by atoms with Gasteiger partial charge in [0, 0.05) is 5.39 Å². The standard InChI is InChI=1S/C17H11Br2NO2/c18-13-8-10(9-14(19)17(13)22)4-6-12-7-5-11-2-1-3-15(21)16(11)20-12/h1-9,21-22H/b6-4+. The van der Waals surface area contributed by atoms with E-state index in [0.717, 1.165) is 16.6 Å². The molecule has 110 valence electrons.